The first kappa shape index (κ1) is 14.5. The van der Waals surface area contributed by atoms with Crippen molar-refractivity contribution < 1.29 is 19.4 Å². The summed E-state index contributed by atoms with van der Waals surface area (Å²) in [6.45, 7) is 1.77. The van der Waals surface area contributed by atoms with Gasteiger partial charge in [-0.2, -0.15) is 5.26 Å². The Kier molecular flexibility index (Phi) is 5.35. The molecule has 1 aromatic rings. The smallest absolute Gasteiger partial charge is 0.335 e. The quantitative estimate of drug-likeness (QED) is 0.748. The lowest BCUT2D eigenvalue weighted by Crippen LogP contribution is -2.29. The van der Waals surface area contributed by atoms with Crippen molar-refractivity contribution in [3.05, 3.63) is 29.3 Å². The van der Waals surface area contributed by atoms with Crippen LogP contribution in [0.4, 0.5) is 0 Å². The van der Waals surface area contributed by atoms with Gasteiger partial charge in [0.1, 0.15) is 5.75 Å². The topological polar surface area (TPSA) is 99.4 Å². The van der Waals surface area contributed by atoms with Gasteiger partial charge in [0, 0.05) is 6.54 Å². The summed E-state index contributed by atoms with van der Waals surface area (Å²) in [5.41, 5.74) is 0.765. The van der Waals surface area contributed by atoms with E-state index in [1.54, 1.807) is 13.0 Å². The van der Waals surface area contributed by atoms with Crippen molar-refractivity contribution in [2.45, 2.75) is 13.3 Å². The molecule has 0 aliphatic carbocycles. The Balaban J connectivity index is 2.50. The molecule has 0 fully saturated rings. The summed E-state index contributed by atoms with van der Waals surface area (Å²) < 4.78 is 5.23. The molecule has 1 aromatic carbocycles. The Labute approximate surface area is 110 Å². The molecule has 2 N–H and O–H groups in total. The minimum atomic E-state index is -1.00. The zero-order chi connectivity index (χ0) is 14.3. The van der Waals surface area contributed by atoms with E-state index in [0.717, 1.165) is 0 Å². The maximum absolute atomic E-state index is 11.3. The van der Waals surface area contributed by atoms with Crippen LogP contribution in [0, 0.1) is 18.3 Å². The third-order valence-corrected chi connectivity index (χ3v) is 2.36. The van der Waals surface area contributed by atoms with Gasteiger partial charge in [-0.1, -0.05) is 0 Å². The normalized spacial score (nSPS) is 9.47. The average Bonchev–Trinajstić information content (AvgIpc) is 2.36. The summed E-state index contributed by atoms with van der Waals surface area (Å²) in [6, 6.07) is 6.40. The fourth-order valence-corrected chi connectivity index (χ4v) is 1.42. The molecule has 0 atom stereocenters. The number of carbonyl (C=O) groups is 2. The molecule has 0 saturated carbocycles. The van der Waals surface area contributed by atoms with Crippen LogP contribution in [-0.2, 0) is 4.79 Å². The number of aryl methyl sites for hydroxylation is 1. The van der Waals surface area contributed by atoms with Gasteiger partial charge in [0.15, 0.2) is 6.61 Å². The molecule has 6 nitrogen and oxygen atoms in total. The van der Waals surface area contributed by atoms with Gasteiger partial charge < -0.3 is 15.2 Å². The largest absolute Gasteiger partial charge is 0.484 e. The molecule has 0 saturated heterocycles. The lowest BCUT2D eigenvalue weighted by molar-refractivity contribution is -0.123. The number of benzene rings is 1. The molecule has 0 bridgehead atoms. The van der Waals surface area contributed by atoms with Crippen molar-refractivity contribution in [1.82, 2.24) is 5.32 Å². The van der Waals surface area contributed by atoms with E-state index in [9.17, 15) is 9.59 Å². The predicted molar refractivity (Wildman–Crippen MR) is 66.9 cm³/mol. The van der Waals surface area contributed by atoms with Gasteiger partial charge in [-0.25, -0.2) is 4.79 Å². The van der Waals surface area contributed by atoms with Crippen molar-refractivity contribution in [3.63, 3.8) is 0 Å². The number of carboxylic acid groups (broad SMARTS) is 1. The predicted octanol–water partition coefficient (Wildman–Crippen LogP) is 1.10. The number of carbonyl (C=O) groups excluding carboxylic acids is 1. The highest BCUT2D eigenvalue weighted by Crippen LogP contribution is 2.17. The van der Waals surface area contributed by atoms with E-state index >= 15 is 0 Å². The molecule has 100 valence electrons. The van der Waals surface area contributed by atoms with Crippen LogP contribution in [0.2, 0.25) is 0 Å². The fraction of sp³-hybridized carbons (Fsp3) is 0.308. The molecule has 0 spiro atoms. The van der Waals surface area contributed by atoms with E-state index in [2.05, 4.69) is 5.32 Å². The maximum Gasteiger partial charge on any atom is 0.335 e. The van der Waals surface area contributed by atoms with Crippen molar-refractivity contribution in [2.24, 2.45) is 0 Å². The second kappa shape index (κ2) is 7.01. The van der Waals surface area contributed by atoms with Gasteiger partial charge in [-0.3, -0.25) is 4.79 Å². The summed E-state index contributed by atoms with van der Waals surface area (Å²) >= 11 is 0. The summed E-state index contributed by atoms with van der Waals surface area (Å²) in [5.74, 6) is -0.897. The zero-order valence-corrected chi connectivity index (χ0v) is 10.5. The monoisotopic (exact) mass is 262 g/mol. The standard InChI is InChI=1S/C13H14N2O4/c1-9-7-10(3-4-11(9)13(17)18)19-8-12(16)15-6-2-5-14/h3-4,7H,2,6,8H2,1H3,(H,15,16)(H,17,18). The Bertz CT molecular complexity index is 520. The van der Waals surface area contributed by atoms with E-state index in [1.807, 2.05) is 6.07 Å². The lowest BCUT2D eigenvalue weighted by atomic mass is 10.1. The number of rotatable bonds is 6. The van der Waals surface area contributed by atoms with Crippen molar-refractivity contribution in [3.8, 4) is 11.8 Å². The second-order valence-electron chi connectivity index (χ2n) is 3.83. The molecule has 0 aromatic heterocycles. The van der Waals surface area contributed by atoms with Crippen molar-refractivity contribution in [2.75, 3.05) is 13.2 Å². The van der Waals surface area contributed by atoms with Crippen LogP contribution < -0.4 is 10.1 Å². The van der Waals surface area contributed by atoms with Gasteiger partial charge in [-0.05, 0) is 30.7 Å². The highest BCUT2D eigenvalue weighted by atomic mass is 16.5. The third-order valence-electron chi connectivity index (χ3n) is 2.36. The first-order valence-electron chi connectivity index (χ1n) is 5.65. The number of nitrogens with one attached hydrogen (secondary N) is 1. The molecule has 19 heavy (non-hydrogen) atoms. The van der Waals surface area contributed by atoms with E-state index in [-0.39, 0.29) is 31.0 Å². The number of nitriles is 1. The molecule has 0 radical (unpaired) electrons. The number of amides is 1. The number of nitrogens with zero attached hydrogens (tertiary/aromatic N) is 1. The lowest BCUT2D eigenvalue weighted by Gasteiger charge is -2.08. The van der Waals surface area contributed by atoms with Gasteiger partial charge >= 0.3 is 5.97 Å². The second-order valence-corrected chi connectivity index (χ2v) is 3.83. The summed E-state index contributed by atoms with van der Waals surface area (Å²) in [4.78, 5) is 22.1. The van der Waals surface area contributed by atoms with E-state index in [1.165, 1.54) is 12.1 Å². The van der Waals surface area contributed by atoms with E-state index in [4.69, 9.17) is 15.1 Å². The van der Waals surface area contributed by atoms with Crippen LogP contribution in [-0.4, -0.2) is 30.1 Å². The first-order chi connectivity index (χ1) is 9.04. The first-order valence-corrected chi connectivity index (χ1v) is 5.65. The highest BCUT2D eigenvalue weighted by molar-refractivity contribution is 5.89. The van der Waals surface area contributed by atoms with Crippen LogP contribution in [0.5, 0.6) is 5.75 Å². The average molecular weight is 262 g/mol. The summed E-state index contributed by atoms with van der Waals surface area (Å²) in [7, 11) is 0. The Hall–Kier alpha value is -2.55. The Morgan fingerprint density at radius 1 is 1.47 bits per heavy atom. The molecule has 0 heterocycles. The van der Waals surface area contributed by atoms with Crippen LogP contribution >= 0.6 is 0 Å². The van der Waals surface area contributed by atoms with E-state index < -0.39 is 5.97 Å². The SMILES string of the molecule is Cc1cc(OCC(=O)NCCC#N)ccc1C(=O)O. The van der Waals surface area contributed by atoms with Crippen LogP contribution in [0.1, 0.15) is 22.3 Å². The molecule has 1 amide bonds. The molecule has 0 aliphatic rings. The molecule has 6 heteroatoms. The van der Waals surface area contributed by atoms with Crippen molar-refractivity contribution >= 4 is 11.9 Å². The number of hydrogen-bond donors (Lipinski definition) is 2. The third kappa shape index (κ3) is 4.68. The minimum Gasteiger partial charge on any atom is -0.484 e. The molecule has 1 rings (SSSR count). The molecule has 0 aliphatic heterocycles. The molecule has 0 unspecified atom stereocenters. The highest BCUT2D eigenvalue weighted by Gasteiger charge is 2.08. The molecular weight excluding hydrogens is 248 g/mol. The van der Waals surface area contributed by atoms with Gasteiger partial charge in [0.05, 0.1) is 18.1 Å². The van der Waals surface area contributed by atoms with Gasteiger partial charge in [-0.15, -0.1) is 0 Å². The Morgan fingerprint density at radius 2 is 2.21 bits per heavy atom. The zero-order valence-electron chi connectivity index (χ0n) is 10.5. The molecular formula is C13H14N2O4. The van der Waals surface area contributed by atoms with Gasteiger partial charge in [0.25, 0.3) is 5.91 Å². The number of ether oxygens (including phenoxy) is 1. The summed E-state index contributed by atoms with van der Waals surface area (Å²) in [6.07, 6.45) is 0.248. The van der Waals surface area contributed by atoms with Crippen LogP contribution in [0.15, 0.2) is 18.2 Å². The van der Waals surface area contributed by atoms with Crippen LogP contribution in [0.3, 0.4) is 0 Å². The maximum atomic E-state index is 11.3. The van der Waals surface area contributed by atoms with E-state index in [0.29, 0.717) is 11.3 Å². The number of carboxylic acids is 1. The number of aromatic carboxylic acids is 1. The minimum absolute atomic E-state index is 0.169. The summed E-state index contributed by atoms with van der Waals surface area (Å²) in [5, 5.41) is 19.7. The number of hydrogen-bond acceptors (Lipinski definition) is 4. The van der Waals surface area contributed by atoms with Crippen molar-refractivity contribution in [1.29, 1.82) is 5.26 Å². The van der Waals surface area contributed by atoms with Crippen LogP contribution in [0.25, 0.3) is 0 Å². The Morgan fingerprint density at radius 3 is 2.79 bits per heavy atom. The van der Waals surface area contributed by atoms with Gasteiger partial charge in [0.2, 0.25) is 0 Å². The fourth-order valence-electron chi connectivity index (χ4n) is 1.42.